The zero-order chi connectivity index (χ0) is 19.2. The summed E-state index contributed by atoms with van der Waals surface area (Å²) in [5, 5.41) is 3.67. The van der Waals surface area contributed by atoms with E-state index < -0.39 is 0 Å². The summed E-state index contributed by atoms with van der Waals surface area (Å²) in [7, 11) is 1.69. The van der Waals surface area contributed by atoms with Gasteiger partial charge < -0.3 is 10.1 Å². The van der Waals surface area contributed by atoms with E-state index in [1.54, 1.807) is 19.2 Å². The third-order valence-electron chi connectivity index (χ3n) is 5.00. The summed E-state index contributed by atoms with van der Waals surface area (Å²) in [5.74, 6) is 1.38. The second-order valence-electron chi connectivity index (χ2n) is 6.90. The largest absolute Gasteiger partial charge is 0.497 e. The van der Waals surface area contributed by atoms with Gasteiger partial charge in [-0.05, 0) is 90.3 Å². The predicted molar refractivity (Wildman–Crippen MR) is 117 cm³/mol. The fraction of sp³-hybridized carbons (Fsp3) is 0.381. The molecule has 0 saturated carbocycles. The average molecular weight is 499 g/mol. The monoisotopic (exact) mass is 498 g/mol. The van der Waals surface area contributed by atoms with Crippen LogP contribution in [0, 0.1) is 9.49 Å². The topological polar surface area (TPSA) is 41.6 Å². The second-order valence-corrected chi connectivity index (χ2v) is 8.50. The van der Waals surface area contributed by atoms with Gasteiger partial charge in [0.2, 0.25) is 0 Å². The number of piperidine rings is 1. The Labute approximate surface area is 179 Å². The molecule has 1 N–H and O–H groups in total. The fourth-order valence-electron chi connectivity index (χ4n) is 3.34. The smallest absolute Gasteiger partial charge is 0.252 e. The molecule has 0 unspecified atom stereocenters. The van der Waals surface area contributed by atoms with Gasteiger partial charge in [0, 0.05) is 21.7 Å². The molecule has 27 heavy (non-hydrogen) atoms. The first-order chi connectivity index (χ1) is 13.0. The van der Waals surface area contributed by atoms with Crippen LogP contribution in [0.1, 0.15) is 28.8 Å². The van der Waals surface area contributed by atoms with Crippen molar-refractivity contribution in [2.75, 3.05) is 26.7 Å². The molecule has 1 fully saturated rings. The number of benzene rings is 2. The number of carbonyl (C=O) groups excluding carboxylic acids is 1. The summed E-state index contributed by atoms with van der Waals surface area (Å²) in [5.41, 5.74) is 1.96. The number of halogens is 2. The second kappa shape index (κ2) is 9.75. The van der Waals surface area contributed by atoms with E-state index >= 15 is 0 Å². The van der Waals surface area contributed by atoms with Crippen molar-refractivity contribution >= 4 is 40.1 Å². The van der Waals surface area contributed by atoms with E-state index in [4.69, 9.17) is 16.3 Å². The van der Waals surface area contributed by atoms with Crippen LogP contribution in [0.5, 0.6) is 5.75 Å². The van der Waals surface area contributed by atoms with Gasteiger partial charge in [0.1, 0.15) is 5.75 Å². The summed E-state index contributed by atoms with van der Waals surface area (Å²) in [6, 6.07) is 13.7. The molecule has 0 spiro atoms. The zero-order valence-electron chi connectivity index (χ0n) is 15.4. The van der Waals surface area contributed by atoms with Crippen molar-refractivity contribution in [3.8, 4) is 5.75 Å². The lowest BCUT2D eigenvalue weighted by molar-refractivity contribution is 0.0934. The third kappa shape index (κ3) is 5.83. The first-order valence-corrected chi connectivity index (χ1v) is 10.6. The van der Waals surface area contributed by atoms with Crippen molar-refractivity contribution < 1.29 is 9.53 Å². The van der Waals surface area contributed by atoms with Crippen LogP contribution in [0.25, 0.3) is 0 Å². The molecule has 0 radical (unpaired) electrons. The van der Waals surface area contributed by atoms with Gasteiger partial charge in [-0.3, -0.25) is 9.69 Å². The minimum atomic E-state index is -0.0393. The Kier molecular flexibility index (Phi) is 7.38. The number of nitrogens with one attached hydrogen (secondary N) is 1. The molecule has 2 aromatic rings. The number of carbonyl (C=O) groups is 1. The highest BCUT2D eigenvalue weighted by Gasteiger charge is 2.20. The molecule has 0 atom stereocenters. The van der Waals surface area contributed by atoms with Gasteiger partial charge in [-0.15, -0.1) is 0 Å². The molecule has 0 bridgehead atoms. The molecular formula is C21H24ClIN2O2. The van der Waals surface area contributed by atoms with E-state index in [0.29, 0.717) is 16.5 Å². The quantitative estimate of drug-likeness (QED) is 0.592. The van der Waals surface area contributed by atoms with E-state index in [-0.39, 0.29) is 5.91 Å². The summed E-state index contributed by atoms with van der Waals surface area (Å²) >= 11 is 8.18. The SMILES string of the molecule is COc1ccc(CN2CCC(CNC(=O)c3cc(Cl)ccc3I)CC2)cc1. The molecule has 6 heteroatoms. The minimum Gasteiger partial charge on any atom is -0.497 e. The molecule has 4 nitrogen and oxygen atoms in total. The van der Waals surface area contributed by atoms with Gasteiger partial charge in [-0.2, -0.15) is 0 Å². The predicted octanol–water partition coefficient (Wildman–Crippen LogP) is 4.60. The molecule has 1 amide bonds. The molecule has 2 aromatic carbocycles. The summed E-state index contributed by atoms with van der Waals surface area (Å²) in [6.45, 7) is 3.80. The first-order valence-electron chi connectivity index (χ1n) is 9.13. The van der Waals surface area contributed by atoms with E-state index in [0.717, 1.165) is 48.3 Å². The van der Waals surface area contributed by atoms with Gasteiger partial charge in [0.05, 0.1) is 12.7 Å². The lowest BCUT2D eigenvalue weighted by Gasteiger charge is -2.32. The van der Waals surface area contributed by atoms with E-state index in [1.807, 2.05) is 18.2 Å². The highest BCUT2D eigenvalue weighted by atomic mass is 127. The van der Waals surface area contributed by atoms with Crippen molar-refractivity contribution in [1.29, 1.82) is 0 Å². The molecule has 144 valence electrons. The fourth-order valence-corrected chi connectivity index (χ4v) is 4.09. The van der Waals surface area contributed by atoms with E-state index in [1.165, 1.54) is 5.56 Å². The number of likely N-dealkylation sites (tertiary alicyclic amines) is 1. The van der Waals surface area contributed by atoms with Crippen LogP contribution in [0.2, 0.25) is 5.02 Å². The third-order valence-corrected chi connectivity index (χ3v) is 6.17. The summed E-state index contributed by atoms with van der Waals surface area (Å²) in [4.78, 5) is 14.9. The maximum atomic E-state index is 12.4. The molecule has 1 saturated heterocycles. The number of nitrogens with zero attached hydrogens (tertiary/aromatic N) is 1. The highest BCUT2D eigenvalue weighted by molar-refractivity contribution is 14.1. The highest BCUT2D eigenvalue weighted by Crippen LogP contribution is 2.21. The lowest BCUT2D eigenvalue weighted by atomic mass is 9.96. The van der Waals surface area contributed by atoms with Gasteiger partial charge in [0.25, 0.3) is 5.91 Å². The van der Waals surface area contributed by atoms with Crippen molar-refractivity contribution in [3.05, 3.63) is 62.2 Å². The van der Waals surface area contributed by atoms with Crippen molar-refractivity contribution in [3.63, 3.8) is 0 Å². The van der Waals surface area contributed by atoms with Gasteiger partial charge >= 0.3 is 0 Å². The Bertz CT molecular complexity index is 774. The first kappa shape index (κ1) is 20.4. The molecular weight excluding hydrogens is 475 g/mol. The number of methoxy groups -OCH3 is 1. The molecule has 3 rings (SSSR count). The van der Waals surface area contributed by atoms with E-state index in [2.05, 4.69) is 44.9 Å². The maximum Gasteiger partial charge on any atom is 0.252 e. The number of hydrogen-bond acceptors (Lipinski definition) is 3. The Balaban J connectivity index is 1.44. The van der Waals surface area contributed by atoms with Crippen molar-refractivity contribution in [1.82, 2.24) is 10.2 Å². The van der Waals surface area contributed by atoms with Crippen LogP contribution in [0.15, 0.2) is 42.5 Å². The van der Waals surface area contributed by atoms with E-state index in [9.17, 15) is 4.79 Å². The van der Waals surface area contributed by atoms with Gasteiger partial charge in [0.15, 0.2) is 0 Å². The molecule has 0 aliphatic carbocycles. The molecule has 1 aliphatic heterocycles. The van der Waals surface area contributed by atoms with Crippen LogP contribution >= 0.6 is 34.2 Å². The zero-order valence-corrected chi connectivity index (χ0v) is 18.3. The number of amides is 1. The Morgan fingerprint density at radius 1 is 1.22 bits per heavy atom. The maximum absolute atomic E-state index is 12.4. The van der Waals surface area contributed by atoms with Gasteiger partial charge in [-0.1, -0.05) is 23.7 Å². The molecule has 1 aliphatic rings. The normalized spacial score (nSPS) is 15.5. The van der Waals surface area contributed by atoms with Crippen LogP contribution in [0.3, 0.4) is 0 Å². The van der Waals surface area contributed by atoms with Crippen LogP contribution in [-0.4, -0.2) is 37.6 Å². The number of rotatable bonds is 6. The lowest BCUT2D eigenvalue weighted by Crippen LogP contribution is -2.38. The summed E-state index contributed by atoms with van der Waals surface area (Å²) in [6.07, 6.45) is 2.20. The van der Waals surface area contributed by atoms with Crippen molar-refractivity contribution in [2.45, 2.75) is 19.4 Å². The average Bonchev–Trinajstić information content (AvgIpc) is 2.69. The van der Waals surface area contributed by atoms with Crippen LogP contribution in [0.4, 0.5) is 0 Å². The Morgan fingerprint density at radius 2 is 1.93 bits per heavy atom. The number of hydrogen-bond donors (Lipinski definition) is 1. The van der Waals surface area contributed by atoms with Crippen LogP contribution in [-0.2, 0) is 6.54 Å². The van der Waals surface area contributed by atoms with Crippen LogP contribution < -0.4 is 10.1 Å². The minimum absolute atomic E-state index is 0.0393. The molecule has 1 heterocycles. The summed E-state index contributed by atoms with van der Waals surface area (Å²) < 4.78 is 6.13. The Hall–Kier alpha value is -1.31. The van der Waals surface area contributed by atoms with Gasteiger partial charge in [-0.25, -0.2) is 0 Å². The standard InChI is InChI=1S/C21H24ClIN2O2/c1-27-18-5-2-16(3-6-18)14-25-10-8-15(9-11-25)13-24-21(26)19-12-17(22)4-7-20(19)23/h2-7,12,15H,8-11,13-14H2,1H3,(H,24,26). The Morgan fingerprint density at radius 3 is 2.59 bits per heavy atom. The van der Waals surface area contributed by atoms with Crippen molar-refractivity contribution in [2.24, 2.45) is 5.92 Å². The molecule has 0 aromatic heterocycles. The number of ether oxygens (including phenoxy) is 1.